The maximum Gasteiger partial charge on any atom is 0.0695 e. The fourth-order valence-electron chi connectivity index (χ4n) is 2.34. The number of rotatable bonds is 2. The number of hydrogen-bond donors (Lipinski definition) is 2. The summed E-state index contributed by atoms with van der Waals surface area (Å²) in [5, 5.41) is 18.4. The Morgan fingerprint density at radius 3 is 2.50 bits per heavy atom. The maximum absolute atomic E-state index is 9.58. The average Bonchev–Trinajstić information content (AvgIpc) is 2.35. The van der Waals surface area contributed by atoms with Crippen LogP contribution in [0.2, 0.25) is 0 Å². The van der Waals surface area contributed by atoms with E-state index in [-0.39, 0.29) is 6.10 Å². The molecule has 0 spiro atoms. The van der Waals surface area contributed by atoms with Gasteiger partial charge in [0.05, 0.1) is 6.10 Å². The first kappa shape index (κ1) is 8.48. The largest absolute Gasteiger partial charge is 0.396 e. The van der Waals surface area contributed by atoms with Crippen molar-refractivity contribution < 1.29 is 10.2 Å². The van der Waals surface area contributed by atoms with Crippen LogP contribution in [0.1, 0.15) is 19.3 Å². The molecule has 1 saturated carbocycles. The summed E-state index contributed by atoms with van der Waals surface area (Å²) >= 11 is 0. The molecular weight excluding hydrogens is 154 g/mol. The molecule has 0 radical (unpaired) electrons. The lowest BCUT2D eigenvalue weighted by molar-refractivity contribution is -0.0194. The SMILES string of the molecule is OCC1CN(C2CCCC2O)C1. The van der Waals surface area contributed by atoms with Crippen LogP contribution in [-0.4, -0.2) is 47.0 Å². The first-order valence-corrected chi connectivity index (χ1v) is 4.84. The molecule has 1 aliphatic carbocycles. The van der Waals surface area contributed by atoms with Crippen molar-refractivity contribution in [2.75, 3.05) is 19.7 Å². The molecule has 3 nitrogen and oxygen atoms in total. The molecule has 0 aromatic carbocycles. The predicted octanol–water partition coefficient (Wildman–Crippen LogP) is -0.176. The monoisotopic (exact) mass is 171 g/mol. The van der Waals surface area contributed by atoms with Gasteiger partial charge < -0.3 is 10.2 Å². The fraction of sp³-hybridized carbons (Fsp3) is 1.00. The maximum atomic E-state index is 9.58. The van der Waals surface area contributed by atoms with E-state index in [0.717, 1.165) is 32.4 Å². The Balaban J connectivity index is 1.79. The highest BCUT2D eigenvalue weighted by Crippen LogP contribution is 2.29. The Bertz CT molecular complexity index is 157. The standard InChI is InChI=1S/C9H17NO2/c11-6-7-4-10(5-7)8-2-1-3-9(8)12/h7-9,11-12H,1-6H2. The van der Waals surface area contributed by atoms with Gasteiger partial charge in [-0.05, 0) is 19.3 Å². The molecule has 3 heteroatoms. The second-order valence-electron chi connectivity index (χ2n) is 4.07. The molecule has 2 fully saturated rings. The van der Waals surface area contributed by atoms with E-state index in [1.807, 2.05) is 0 Å². The summed E-state index contributed by atoms with van der Waals surface area (Å²) in [5.41, 5.74) is 0. The Kier molecular flexibility index (Phi) is 2.35. The van der Waals surface area contributed by atoms with Crippen LogP contribution in [0.15, 0.2) is 0 Å². The van der Waals surface area contributed by atoms with Crippen molar-refractivity contribution >= 4 is 0 Å². The third-order valence-electron chi connectivity index (χ3n) is 3.16. The van der Waals surface area contributed by atoms with E-state index < -0.39 is 0 Å². The van der Waals surface area contributed by atoms with Crippen molar-refractivity contribution in [2.24, 2.45) is 5.92 Å². The van der Waals surface area contributed by atoms with Crippen molar-refractivity contribution in [2.45, 2.75) is 31.4 Å². The van der Waals surface area contributed by atoms with E-state index in [0.29, 0.717) is 18.6 Å². The van der Waals surface area contributed by atoms with Crippen LogP contribution in [0.25, 0.3) is 0 Å². The average molecular weight is 171 g/mol. The molecule has 70 valence electrons. The minimum absolute atomic E-state index is 0.107. The minimum Gasteiger partial charge on any atom is -0.396 e. The second-order valence-corrected chi connectivity index (χ2v) is 4.07. The lowest BCUT2D eigenvalue weighted by atomic mass is 9.97. The van der Waals surface area contributed by atoms with Gasteiger partial charge in [-0.1, -0.05) is 0 Å². The molecule has 0 aromatic heterocycles. The predicted molar refractivity (Wildman–Crippen MR) is 45.8 cm³/mol. The zero-order valence-electron chi connectivity index (χ0n) is 7.32. The Hall–Kier alpha value is -0.120. The van der Waals surface area contributed by atoms with E-state index in [1.165, 1.54) is 0 Å². The summed E-state index contributed by atoms with van der Waals surface area (Å²) in [4.78, 5) is 2.30. The van der Waals surface area contributed by atoms with E-state index in [1.54, 1.807) is 0 Å². The number of likely N-dealkylation sites (tertiary alicyclic amines) is 1. The molecule has 1 aliphatic heterocycles. The summed E-state index contributed by atoms with van der Waals surface area (Å²) in [6.07, 6.45) is 3.15. The fourth-order valence-corrected chi connectivity index (χ4v) is 2.34. The summed E-state index contributed by atoms with van der Waals surface area (Å²) in [6.45, 7) is 2.27. The number of hydrogen-bond acceptors (Lipinski definition) is 3. The lowest BCUT2D eigenvalue weighted by Gasteiger charge is -2.43. The van der Waals surface area contributed by atoms with Gasteiger partial charge in [-0.3, -0.25) is 4.90 Å². The van der Waals surface area contributed by atoms with Gasteiger partial charge in [0.2, 0.25) is 0 Å². The van der Waals surface area contributed by atoms with Crippen LogP contribution in [0.5, 0.6) is 0 Å². The third kappa shape index (κ3) is 1.37. The van der Waals surface area contributed by atoms with Crippen LogP contribution >= 0.6 is 0 Å². The first-order chi connectivity index (χ1) is 5.81. The smallest absolute Gasteiger partial charge is 0.0695 e. The zero-order valence-corrected chi connectivity index (χ0v) is 7.32. The summed E-state index contributed by atoms with van der Waals surface area (Å²) in [7, 11) is 0. The van der Waals surface area contributed by atoms with Crippen LogP contribution < -0.4 is 0 Å². The first-order valence-electron chi connectivity index (χ1n) is 4.84. The van der Waals surface area contributed by atoms with Gasteiger partial charge in [-0.2, -0.15) is 0 Å². The van der Waals surface area contributed by atoms with Crippen LogP contribution in [0.3, 0.4) is 0 Å². The van der Waals surface area contributed by atoms with Crippen LogP contribution in [0, 0.1) is 5.92 Å². The highest BCUT2D eigenvalue weighted by molar-refractivity contribution is 4.91. The highest BCUT2D eigenvalue weighted by Gasteiger charge is 2.37. The Morgan fingerprint density at radius 2 is 2.00 bits per heavy atom. The second kappa shape index (κ2) is 3.32. The van der Waals surface area contributed by atoms with E-state index in [9.17, 15) is 5.11 Å². The minimum atomic E-state index is -0.107. The van der Waals surface area contributed by atoms with Crippen molar-refractivity contribution in [3.8, 4) is 0 Å². The van der Waals surface area contributed by atoms with Crippen molar-refractivity contribution in [3.05, 3.63) is 0 Å². The van der Waals surface area contributed by atoms with Gasteiger partial charge in [0, 0.05) is 31.7 Å². The van der Waals surface area contributed by atoms with Gasteiger partial charge in [0.15, 0.2) is 0 Å². The lowest BCUT2D eigenvalue weighted by Crippen LogP contribution is -2.55. The normalized spacial score (nSPS) is 38.5. The molecule has 2 rings (SSSR count). The third-order valence-corrected chi connectivity index (χ3v) is 3.16. The number of aliphatic hydroxyl groups excluding tert-OH is 2. The molecular formula is C9H17NO2. The number of aliphatic hydroxyl groups is 2. The van der Waals surface area contributed by atoms with Crippen molar-refractivity contribution in [3.63, 3.8) is 0 Å². The van der Waals surface area contributed by atoms with Gasteiger partial charge in [0.25, 0.3) is 0 Å². The molecule has 1 saturated heterocycles. The van der Waals surface area contributed by atoms with Gasteiger partial charge in [0.1, 0.15) is 0 Å². The summed E-state index contributed by atoms with van der Waals surface area (Å²) in [5.74, 6) is 0.470. The molecule has 2 atom stereocenters. The van der Waals surface area contributed by atoms with Crippen LogP contribution in [-0.2, 0) is 0 Å². The highest BCUT2D eigenvalue weighted by atomic mass is 16.3. The molecule has 1 heterocycles. The Labute approximate surface area is 73.0 Å². The molecule has 0 bridgehead atoms. The van der Waals surface area contributed by atoms with E-state index in [2.05, 4.69) is 4.90 Å². The zero-order chi connectivity index (χ0) is 8.55. The van der Waals surface area contributed by atoms with Crippen molar-refractivity contribution in [1.82, 2.24) is 4.90 Å². The number of nitrogens with zero attached hydrogens (tertiary/aromatic N) is 1. The molecule has 2 unspecified atom stereocenters. The van der Waals surface area contributed by atoms with E-state index in [4.69, 9.17) is 5.11 Å². The molecule has 0 amide bonds. The van der Waals surface area contributed by atoms with Crippen LogP contribution in [0.4, 0.5) is 0 Å². The topological polar surface area (TPSA) is 43.7 Å². The Morgan fingerprint density at radius 1 is 1.25 bits per heavy atom. The summed E-state index contributed by atoms with van der Waals surface area (Å²) in [6, 6.07) is 0.396. The molecule has 2 N–H and O–H groups in total. The molecule has 0 aromatic rings. The summed E-state index contributed by atoms with van der Waals surface area (Å²) < 4.78 is 0. The van der Waals surface area contributed by atoms with Gasteiger partial charge in [-0.15, -0.1) is 0 Å². The quantitative estimate of drug-likeness (QED) is 0.606. The molecule has 12 heavy (non-hydrogen) atoms. The molecule has 2 aliphatic rings. The van der Waals surface area contributed by atoms with E-state index >= 15 is 0 Å². The van der Waals surface area contributed by atoms with Gasteiger partial charge >= 0.3 is 0 Å². The van der Waals surface area contributed by atoms with Gasteiger partial charge in [-0.25, -0.2) is 0 Å². The van der Waals surface area contributed by atoms with Crippen molar-refractivity contribution in [1.29, 1.82) is 0 Å².